The number of amides is 1. The molecule has 0 aliphatic heterocycles. The maximum Gasteiger partial charge on any atom is 0.419 e. The summed E-state index contributed by atoms with van der Waals surface area (Å²) in [6.45, 7) is 7.57. The van der Waals surface area contributed by atoms with E-state index >= 15 is 0 Å². The molecule has 3 aromatic carbocycles. The van der Waals surface area contributed by atoms with E-state index in [1.54, 1.807) is 12.0 Å². The summed E-state index contributed by atoms with van der Waals surface area (Å²) in [6.07, 6.45) is 2.57. The quantitative estimate of drug-likeness (QED) is 0.383. The van der Waals surface area contributed by atoms with Gasteiger partial charge in [0.15, 0.2) is 0 Å². The minimum Gasteiger partial charge on any atom is -0.497 e. The fourth-order valence-corrected chi connectivity index (χ4v) is 3.70. The van der Waals surface area contributed by atoms with Crippen LogP contribution < -0.4 is 9.64 Å². The number of carbonyl (C=O) groups is 1. The average molecular weight is 444 g/mol. The van der Waals surface area contributed by atoms with Gasteiger partial charge in [-0.15, -0.1) is 0 Å². The number of carbonyl (C=O) groups excluding carboxylic acids is 1. The van der Waals surface area contributed by atoms with E-state index in [1.807, 2.05) is 76.2 Å². The van der Waals surface area contributed by atoms with Crippen LogP contribution in [0.3, 0.4) is 0 Å². The Morgan fingerprint density at radius 1 is 0.909 bits per heavy atom. The van der Waals surface area contributed by atoms with Crippen molar-refractivity contribution in [3.05, 3.63) is 108 Å². The summed E-state index contributed by atoms with van der Waals surface area (Å²) in [5, 5.41) is 0. The number of hydrogen-bond acceptors (Lipinski definition) is 3. The number of ether oxygens (including phenoxy) is 2. The van der Waals surface area contributed by atoms with Gasteiger partial charge in [0.25, 0.3) is 0 Å². The lowest BCUT2D eigenvalue weighted by molar-refractivity contribution is 0.0592. The molecule has 1 amide bonds. The van der Waals surface area contributed by atoms with Crippen molar-refractivity contribution in [3.63, 3.8) is 0 Å². The number of benzene rings is 3. The van der Waals surface area contributed by atoms with Crippen LogP contribution in [0.15, 0.2) is 96.7 Å². The fraction of sp³-hybridized carbons (Fsp3) is 0.276. The third-order valence-corrected chi connectivity index (χ3v) is 5.23. The minimum atomic E-state index is -0.606. The average Bonchev–Trinajstić information content (AvgIpc) is 2.79. The normalized spacial score (nSPS) is 12.7. The second kappa shape index (κ2) is 10.9. The highest BCUT2D eigenvalue weighted by atomic mass is 16.6. The molecule has 0 spiro atoms. The molecule has 3 aromatic rings. The molecule has 0 N–H and O–H groups in total. The van der Waals surface area contributed by atoms with Crippen molar-refractivity contribution in [2.75, 3.05) is 12.0 Å². The Balaban J connectivity index is 2.01. The summed E-state index contributed by atoms with van der Waals surface area (Å²) < 4.78 is 11.0. The molecular formula is C29H33NO3. The van der Waals surface area contributed by atoms with E-state index in [4.69, 9.17) is 9.47 Å². The van der Waals surface area contributed by atoms with Crippen molar-refractivity contribution in [1.82, 2.24) is 0 Å². The monoisotopic (exact) mass is 443 g/mol. The molecule has 0 fully saturated rings. The largest absolute Gasteiger partial charge is 0.497 e. The molecule has 0 saturated carbocycles. The van der Waals surface area contributed by atoms with Gasteiger partial charge in [0, 0.05) is 11.6 Å². The zero-order chi connectivity index (χ0) is 23.8. The lowest BCUT2D eigenvalue weighted by atomic mass is 9.91. The van der Waals surface area contributed by atoms with Crippen molar-refractivity contribution in [2.24, 2.45) is 0 Å². The molecule has 0 unspecified atom stereocenters. The second-order valence-electron chi connectivity index (χ2n) is 9.03. The van der Waals surface area contributed by atoms with Gasteiger partial charge in [-0.05, 0) is 69.5 Å². The molecule has 0 aromatic heterocycles. The highest BCUT2D eigenvalue weighted by molar-refractivity contribution is 5.91. The van der Waals surface area contributed by atoms with E-state index < -0.39 is 11.7 Å². The molecule has 3 rings (SSSR count). The first-order chi connectivity index (χ1) is 15.8. The molecule has 0 aliphatic carbocycles. The highest BCUT2D eigenvalue weighted by Gasteiger charge is 2.25. The van der Waals surface area contributed by atoms with Gasteiger partial charge < -0.3 is 9.47 Å². The summed E-state index contributed by atoms with van der Waals surface area (Å²) in [5.41, 5.74) is 3.36. The number of rotatable bonds is 7. The maximum absolute atomic E-state index is 13.3. The number of allylic oxidation sites excluding steroid dienone is 2. The van der Waals surface area contributed by atoms with Crippen LogP contribution in [0.25, 0.3) is 0 Å². The van der Waals surface area contributed by atoms with E-state index in [-0.39, 0.29) is 5.92 Å². The van der Waals surface area contributed by atoms with Gasteiger partial charge in [0.1, 0.15) is 11.4 Å². The van der Waals surface area contributed by atoms with Crippen LogP contribution in [0.4, 0.5) is 10.5 Å². The maximum atomic E-state index is 13.3. The van der Waals surface area contributed by atoms with Crippen molar-refractivity contribution in [2.45, 2.75) is 45.6 Å². The van der Waals surface area contributed by atoms with Crippen molar-refractivity contribution in [1.29, 1.82) is 0 Å². The first-order valence-corrected chi connectivity index (χ1v) is 11.2. The third kappa shape index (κ3) is 6.98. The van der Waals surface area contributed by atoms with Crippen LogP contribution in [-0.2, 0) is 11.2 Å². The van der Waals surface area contributed by atoms with Crippen molar-refractivity contribution >= 4 is 11.8 Å². The molecule has 172 valence electrons. The SMILES string of the molecule is COc1ccc(N(C(=O)OC(C)(C)C)/C(C)=C/[C@H](Cc2ccccc2)c2ccccc2)cc1. The summed E-state index contributed by atoms with van der Waals surface area (Å²) >= 11 is 0. The van der Waals surface area contributed by atoms with Crippen LogP contribution in [0.5, 0.6) is 5.75 Å². The topological polar surface area (TPSA) is 38.8 Å². The lowest BCUT2D eigenvalue weighted by Crippen LogP contribution is -2.36. The Morgan fingerprint density at radius 2 is 1.48 bits per heavy atom. The minimum absolute atomic E-state index is 0.0942. The smallest absolute Gasteiger partial charge is 0.419 e. The standard InChI is InChI=1S/C29H33NO3/c1-22(20-25(24-14-10-7-11-15-24)21-23-12-8-6-9-13-23)30(28(31)33-29(2,3)4)26-16-18-27(32-5)19-17-26/h6-20,25H,21H2,1-5H3/b22-20+/t25-/m1/s1. The van der Waals surface area contributed by atoms with Crippen LogP contribution >= 0.6 is 0 Å². The Labute approximate surface area is 197 Å². The van der Waals surface area contributed by atoms with Gasteiger partial charge in [-0.2, -0.15) is 0 Å². The first kappa shape index (κ1) is 24.1. The third-order valence-electron chi connectivity index (χ3n) is 5.23. The Morgan fingerprint density at radius 3 is 2.03 bits per heavy atom. The fourth-order valence-electron chi connectivity index (χ4n) is 3.70. The Kier molecular flexibility index (Phi) is 7.94. The Hall–Kier alpha value is -3.53. The van der Waals surface area contributed by atoms with E-state index in [0.29, 0.717) is 0 Å². The summed E-state index contributed by atoms with van der Waals surface area (Å²) in [5.74, 6) is 0.826. The number of nitrogens with zero attached hydrogens (tertiary/aromatic N) is 1. The molecule has 4 nitrogen and oxygen atoms in total. The molecule has 4 heteroatoms. The van der Waals surface area contributed by atoms with Gasteiger partial charge in [-0.1, -0.05) is 66.7 Å². The summed E-state index contributed by atoms with van der Waals surface area (Å²) in [4.78, 5) is 14.9. The highest BCUT2D eigenvalue weighted by Crippen LogP contribution is 2.29. The van der Waals surface area contributed by atoms with Crippen LogP contribution in [0.2, 0.25) is 0 Å². The summed E-state index contributed by atoms with van der Waals surface area (Å²) in [6, 6.07) is 28.2. The molecule has 1 atom stereocenters. The zero-order valence-electron chi connectivity index (χ0n) is 20.1. The molecule has 0 saturated heterocycles. The molecule has 0 bridgehead atoms. The number of methoxy groups -OCH3 is 1. The van der Waals surface area contributed by atoms with E-state index in [2.05, 4.69) is 42.5 Å². The molecule has 33 heavy (non-hydrogen) atoms. The van der Waals surface area contributed by atoms with Crippen LogP contribution in [0.1, 0.15) is 44.7 Å². The van der Waals surface area contributed by atoms with Crippen LogP contribution in [-0.4, -0.2) is 18.8 Å². The van der Waals surface area contributed by atoms with Gasteiger partial charge in [-0.3, -0.25) is 4.90 Å². The number of anilines is 1. The van der Waals surface area contributed by atoms with E-state index in [1.165, 1.54) is 11.1 Å². The predicted molar refractivity (Wildman–Crippen MR) is 135 cm³/mol. The lowest BCUT2D eigenvalue weighted by Gasteiger charge is -2.29. The van der Waals surface area contributed by atoms with Crippen LogP contribution in [0, 0.1) is 0 Å². The van der Waals surface area contributed by atoms with Gasteiger partial charge >= 0.3 is 6.09 Å². The van der Waals surface area contributed by atoms with E-state index in [9.17, 15) is 4.79 Å². The first-order valence-electron chi connectivity index (χ1n) is 11.2. The predicted octanol–water partition coefficient (Wildman–Crippen LogP) is 7.37. The Bertz CT molecular complexity index is 1050. The summed E-state index contributed by atoms with van der Waals surface area (Å²) in [7, 11) is 1.62. The van der Waals surface area contributed by atoms with Gasteiger partial charge in [0.05, 0.1) is 12.8 Å². The molecular weight excluding hydrogens is 410 g/mol. The zero-order valence-corrected chi connectivity index (χ0v) is 20.1. The van der Waals surface area contributed by atoms with Crippen molar-refractivity contribution < 1.29 is 14.3 Å². The molecule has 0 heterocycles. The molecule has 0 radical (unpaired) electrons. The second-order valence-corrected chi connectivity index (χ2v) is 9.03. The van der Waals surface area contributed by atoms with E-state index in [0.717, 1.165) is 23.6 Å². The number of hydrogen-bond donors (Lipinski definition) is 0. The van der Waals surface area contributed by atoms with Gasteiger partial charge in [-0.25, -0.2) is 4.79 Å². The van der Waals surface area contributed by atoms with Gasteiger partial charge in [0.2, 0.25) is 0 Å². The van der Waals surface area contributed by atoms with Crippen molar-refractivity contribution in [3.8, 4) is 5.75 Å². The molecule has 0 aliphatic rings.